The number of benzene rings is 1. The predicted octanol–water partition coefficient (Wildman–Crippen LogP) is 3.31. The first-order chi connectivity index (χ1) is 10.2. The second kappa shape index (κ2) is 7.46. The van der Waals surface area contributed by atoms with E-state index in [9.17, 15) is 9.90 Å². The second-order valence-electron chi connectivity index (χ2n) is 5.56. The molecule has 1 aliphatic carbocycles. The molecule has 0 bridgehead atoms. The minimum absolute atomic E-state index is 0.358. The Hall–Kier alpha value is -1.55. The Balaban J connectivity index is 2.25. The summed E-state index contributed by atoms with van der Waals surface area (Å²) in [6.07, 6.45) is 3.78. The van der Waals surface area contributed by atoms with Gasteiger partial charge in [-0.15, -0.1) is 0 Å². The number of hydrogen-bond acceptors (Lipinski definition) is 3. The van der Waals surface area contributed by atoms with Gasteiger partial charge in [0.1, 0.15) is 5.75 Å². The standard InChI is InChI=1S/C17H25NO3/c1-3-7-16(17(19)20)21-15-11-6-8-12-13(15)9-5-10-14(12)18-4-2/h6,8,11,14,16,18H,3-5,7,9-10H2,1-2H3,(H,19,20). The molecule has 0 amide bonds. The normalized spacial score (nSPS) is 18.9. The number of ether oxygens (including phenoxy) is 1. The number of hydrogen-bond donors (Lipinski definition) is 2. The Morgan fingerprint density at radius 1 is 1.48 bits per heavy atom. The van der Waals surface area contributed by atoms with Gasteiger partial charge in [-0.25, -0.2) is 4.79 Å². The Morgan fingerprint density at radius 3 is 2.95 bits per heavy atom. The average molecular weight is 291 g/mol. The molecule has 1 aromatic carbocycles. The molecule has 4 heteroatoms. The first-order valence-electron chi connectivity index (χ1n) is 7.92. The van der Waals surface area contributed by atoms with Crippen LogP contribution in [0.1, 0.15) is 56.7 Å². The van der Waals surface area contributed by atoms with Crippen LogP contribution in [0.4, 0.5) is 0 Å². The molecule has 2 atom stereocenters. The van der Waals surface area contributed by atoms with Crippen LogP contribution in [0.25, 0.3) is 0 Å². The van der Waals surface area contributed by atoms with Crippen LogP contribution in [-0.4, -0.2) is 23.7 Å². The van der Waals surface area contributed by atoms with Crippen LogP contribution in [-0.2, 0) is 11.2 Å². The van der Waals surface area contributed by atoms with Gasteiger partial charge < -0.3 is 15.2 Å². The highest BCUT2D eigenvalue weighted by Crippen LogP contribution is 2.35. The number of carbonyl (C=O) groups is 1. The lowest BCUT2D eigenvalue weighted by Crippen LogP contribution is -2.29. The maximum absolute atomic E-state index is 11.3. The quantitative estimate of drug-likeness (QED) is 0.809. The number of fused-ring (bicyclic) bond motifs is 1. The number of carboxylic acids is 1. The predicted molar refractivity (Wildman–Crippen MR) is 82.8 cm³/mol. The van der Waals surface area contributed by atoms with Crippen molar-refractivity contribution in [1.29, 1.82) is 0 Å². The molecule has 2 unspecified atom stereocenters. The fraction of sp³-hybridized carbons (Fsp3) is 0.588. The molecule has 21 heavy (non-hydrogen) atoms. The first kappa shape index (κ1) is 15.8. The van der Waals surface area contributed by atoms with Crippen LogP contribution in [0.2, 0.25) is 0 Å². The molecule has 2 N–H and O–H groups in total. The molecule has 0 spiro atoms. The highest BCUT2D eigenvalue weighted by atomic mass is 16.5. The summed E-state index contributed by atoms with van der Waals surface area (Å²) in [5, 5.41) is 12.8. The van der Waals surface area contributed by atoms with E-state index in [4.69, 9.17) is 4.74 Å². The molecule has 0 heterocycles. The second-order valence-corrected chi connectivity index (χ2v) is 5.56. The number of carboxylic acid groups (broad SMARTS) is 1. The SMILES string of the molecule is CCCC(Oc1cccc2c1CCCC2NCC)C(=O)O. The minimum Gasteiger partial charge on any atom is -0.479 e. The van der Waals surface area contributed by atoms with Gasteiger partial charge in [0.15, 0.2) is 6.10 Å². The van der Waals surface area contributed by atoms with E-state index in [1.54, 1.807) is 0 Å². The van der Waals surface area contributed by atoms with E-state index in [1.165, 1.54) is 11.1 Å². The monoisotopic (exact) mass is 291 g/mol. The zero-order valence-corrected chi connectivity index (χ0v) is 12.9. The van der Waals surface area contributed by atoms with Gasteiger partial charge in [0.25, 0.3) is 0 Å². The minimum atomic E-state index is -0.881. The van der Waals surface area contributed by atoms with Gasteiger partial charge >= 0.3 is 5.97 Å². The van der Waals surface area contributed by atoms with Crippen LogP contribution in [0.15, 0.2) is 18.2 Å². The molecule has 1 aliphatic rings. The lowest BCUT2D eigenvalue weighted by molar-refractivity contribution is -0.145. The van der Waals surface area contributed by atoms with E-state index in [-0.39, 0.29) is 0 Å². The third kappa shape index (κ3) is 3.76. The number of rotatable bonds is 7. The van der Waals surface area contributed by atoms with Crippen LogP contribution in [0, 0.1) is 0 Å². The first-order valence-corrected chi connectivity index (χ1v) is 7.92. The van der Waals surface area contributed by atoms with Gasteiger partial charge in [-0.2, -0.15) is 0 Å². The van der Waals surface area contributed by atoms with Gasteiger partial charge in [0, 0.05) is 6.04 Å². The molecule has 0 radical (unpaired) electrons. The van der Waals surface area contributed by atoms with Gasteiger partial charge in [0.05, 0.1) is 0 Å². The molecule has 1 aromatic rings. The average Bonchev–Trinajstić information content (AvgIpc) is 2.48. The van der Waals surface area contributed by atoms with E-state index >= 15 is 0 Å². The van der Waals surface area contributed by atoms with Crippen molar-refractivity contribution < 1.29 is 14.6 Å². The highest BCUT2D eigenvalue weighted by molar-refractivity contribution is 5.72. The third-order valence-electron chi connectivity index (χ3n) is 4.01. The molecule has 0 saturated carbocycles. The van der Waals surface area contributed by atoms with E-state index in [0.29, 0.717) is 12.5 Å². The Kier molecular flexibility index (Phi) is 5.62. The molecule has 116 valence electrons. The van der Waals surface area contributed by atoms with Gasteiger partial charge in [-0.3, -0.25) is 0 Å². The largest absolute Gasteiger partial charge is 0.479 e. The summed E-state index contributed by atoms with van der Waals surface area (Å²) in [4.78, 5) is 11.3. The molecule has 0 aromatic heterocycles. The van der Waals surface area contributed by atoms with Gasteiger partial charge in [0.2, 0.25) is 0 Å². The Labute approximate surface area is 126 Å². The summed E-state index contributed by atoms with van der Waals surface area (Å²) >= 11 is 0. The molecule has 2 rings (SSSR count). The zero-order chi connectivity index (χ0) is 15.2. The van der Waals surface area contributed by atoms with Gasteiger partial charge in [-0.05, 0) is 49.4 Å². The Bertz CT molecular complexity index is 487. The molecule has 0 aliphatic heterocycles. The summed E-state index contributed by atoms with van der Waals surface area (Å²) in [7, 11) is 0. The topological polar surface area (TPSA) is 58.6 Å². The number of aliphatic carboxylic acids is 1. The summed E-state index contributed by atoms with van der Waals surface area (Å²) < 4.78 is 5.81. The lowest BCUT2D eigenvalue weighted by atomic mass is 9.87. The smallest absolute Gasteiger partial charge is 0.344 e. The van der Waals surface area contributed by atoms with Crippen molar-refractivity contribution in [2.45, 2.75) is 58.1 Å². The summed E-state index contributed by atoms with van der Waals surface area (Å²) in [5.41, 5.74) is 2.44. The fourth-order valence-electron chi connectivity index (χ4n) is 3.03. The summed E-state index contributed by atoms with van der Waals surface area (Å²) in [6.45, 7) is 5.01. The lowest BCUT2D eigenvalue weighted by Gasteiger charge is -2.28. The third-order valence-corrected chi connectivity index (χ3v) is 4.01. The van der Waals surface area contributed by atoms with E-state index in [1.807, 2.05) is 19.1 Å². The van der Waals surface area contributed by atoms with Crippen LogP contribution >= 0.6 is 0 Å². The van der Waals surface area contributed by atoms with Crippen molar-refractivity contribution in [3.05, 3.63) is 29.3 Å². The molecular weight excluding hydrogens is 266 g/mol. The van der Waals surface area contributed by atoms with E-state index in [2.05, 4.69) is 18.3 Å². The van der Waals surface area contributed by atoms with Crippen molar-refractivity contribution >= 4 is 5.97 Å². The van der Waals surface area contributed by atoms with E-state index < -0.39 is 12.1 Å². The van der Waals surface area contributed by atoms with E-state index in [0.717, 1.165) is 38.0 Å². The summed E-state index contributed by atoms with van der Waals surface area (Å²) in [6, 6.07) is 6.36. The van der Waals surface area contributed by atoms with Crippen molar-refractivity contribution in [1.82, 2.24) is 5.32 Å². The Morgan fingerprint density at radius 2 is 2.29 bits per heavy atom. The van der Waals surface area contributed by atoms with Crippen LogP contribution < -0.4 is 10.1 Å². The zero-order valence-electron chi connectivity index (χ0n) is 12.9. The number of nitrogens with one attached hydrogen (secondary N) is 1. The molecule has 0 fully saturated rings. The van der Waals surface area contributed by atoms with Crippen LogP contribution in [0.3, 0.4) is 0 Å². The van der Waals surface area contributed by atoms with Crippen LogP contribution in [0.5, 0.6) is 5.75 Å². The van der Waals surface area contributed by atoms with Gasteiger partial charge in [-0.1, -0.05) is 32.4 Å². The van der Waals surface area contributed by atoms with Crippen molar-refractivity contribution in [3.63, 3.8) is 0 Å². The highest BCUT2D eigenvalue weighted by Gasteiger charge is 2.25. The fourth-order valence-corrected chi connectivity index (χ4v) is 3.03. The molecule has 4 nitrogen and oxygen atoms in total. The summed E-state index contributed by atoms with van der Waals surface area (Å²) in [5.74, 6) is -0.135. The molecular formula is C17H25NO3. The molecule has 0 saturated heterocycles. The van der Waals surface area contributed by atoms with Crippen molar-refractivity contribution in [2.75, 3.05) is 6.54 Å². The van der Waals surface area contributed by atoms with Crippen molar-refractivity contribution in [2.24, 2.45) is 0 Å². The maximum atomic E-state index is 11.3. The maximum Gasteiger partial charge on any atom is 0.344 e. The van der Waals surface area contributed by atoms with Crippen molar-refractivity contribution in [3.8, 4) is 5.75 Å².